The summed E-state index contributed by atoms with van der Waals surface area (Å²) in [7, 11) is -2.48. The summed E-state index contributed by atoms with van der Waals surface area (Å²) in [5.41, 5.74) is 0. The first kappa shape index (κ1) is 14.0. The van der Waals surface area contributed by atoms with Crippen molar-refractivity contribution in [2.45, 2.75) is 11.3 Å². The standard InChI is InChI=1S/C12H14FNO4S/c1-18-12(15)9-5-6-14(8-9)19(16,17)11-4-2-3-10(13)7-11/h2-4,7,9H,5-6,8H2,1H3. The zero-order valence-corrected chi connectivity index (χ0v) is 11.2. The minimum Gasteiger partial charge on any atom is -0.469 e. The van der Waals surface area contributed by atoms with Crippen LogP contribution >= 0.6 is 0 Å². The average Bonchev–Trinajstić information content (AvgIpc) is 2.88. The molecule has 1 atom stereocenters. The van der Waals surface area contributed by atoms with E-state index in [4.69, 9.17) is 0 Å². The van der Waals surface area contributed by atoms with Crippen LogP contribution in [0.1, 0.15) is 6.42 Å². The monoisotopic (exact) mass is 287 g/mol. The van der Waals surface area contributed by atoms with E-state index < -0.39 is 27.7 Å². The maximum atomic E-state index is 13.1. The number of benzene rings is 1. The normalized spacial score (nSPS) is 20.4. The van der Waals surface area contributed by atoms with Crippen LogP contribution < -0.4 is 0 Å². The molecular weight excluding hydrogens is 273 g/mol. The molecule has 0 aromatic heterocycles. The molecule has 1 unspecified atom stereocenters. The Labute approximate surface area is 111 Å². The number of hydrogen-bond acceptors (Lipinski definition) is 4. The van der Waals surface area contributed by atoms with Crippen molar-refractivity contribution in [1.29, 1.82) is 0 Å². The molecule has 0 amide bonds. The molecule has 0 N–H and O–H groups in total. The third-order valence-corrected chi connectivity index (χ3v) is 4.98. The molecule has 2 rings (SSSR count). The van der Waals surface area contributed by atoms with E-state index in [0.717, 1.165) is 6.07 Å². The van der Waals surface area contributed by atoms with Gasteiger partial charge in [0.15, 0.2) is 0 Å². The summed E-state index contributed by atoms with van der Waals surface area (Å²) >= 11 is 0. The quantitative estimate of drug-likeness (QED) is 0.778. The number of carbonyl (C=O) groups is 1. The number of esters is 1. The van der Waals surface area contributed by atoms with Gasteiger partial charge in [0, 0.05) is 13.1 Å². The third-order valence-electron chi connectivity index (χ3n) is 3.12. The van der Waals surface area contributed by atoms with E-state index in [0.29, 0.717) is 6.42 Å². The molecule has 1 fully saturated rings. The third kappa shape index (κ3) is 2.76. The van der Waals surface area contributed by atoms with Crippen LogP contribution in [0.15, 0.2) is 29.2 Å². The molecule has 1 aromatic carbocycles. The van der Waals surface area contributed by atoms with E-state index in [1.807, 2.05) is 0 Å². The lowest BCUT2D eigenvalue weighted by molar-refractivity contribution is -0.144. The molecule has 7 heteroatoms. The zero-order chi connectivity index (χ0) is 14.0. The van der Waals surface area contributed by atoms with Crippen molar-refractivity contribution in [3.63, 3.8) is 0 Å². The van der Waals surface area contributed by atoms with Crippen molar-refractivity contribution in [2.75, 3.05) is 20.2 Å². The average molecular weight is 287 g/mol. The van der Waals surface area contributed by atoms with E-state index in [2.05, 4.69) is 4.74 Å². The van der Waals surface area contributed by atoms with Crippen molar-refractivity contribution in [1.82, 2.24) is 4.31 Å². The minimum atomic E-state index is -3.75. The summed E-state index contributed by atoms with van der Waals surface area (Å²) in [5.74, 6) is -1.48. The SMILES string of the molecule is COC(=O)C1CCN(S(=O)(=O)c2cccc(F)c2)C1. The molecule has 1 aliphatic heterocycles. The van der Waals surface area contributed by atoms with Crippen molar-refractivity contribution in [2.24, 2.45) is 5.92 Å². The number of methoxy groups -OCH3 is 1. The topological polar surface area (TPSA) is 63.7 Å². The largest absolute Gasteiger partial charge is 0.469 e. The number of carbonyl (C=O) groups excluding carboxylic acids is 1. The predicted octanol–water partition coefficient (Wildman–Crippen LogP) is 1.01. The van der Waals surface area contributed by atoms with Gasteiger partial charge in [-0.15, -0.1) is 0 Å². The van der Waals surface area contributed by atoms with Gasteiger partial charge < -0.3 is 4.74 Å². The van der Waals surface area contributed by atoms with Gasteiger partial charge in [-0.25, -0.2) is 12.8 Å². The highest BCUT2D eigenvalue weighted by Gasteiger charge is 2.36. The molecule has 0 radical (unpaired) electrons. The van der Waals surface area contributed by atoms with Gasteiger partial charge in [0.1, 0.15) is 5.82 Å². The Hall–Kier alpha value is -1.47. The van der Waals surface area contributed by atoms with Crippen molar-refractivity contribution in [3.05, 3.63) is 30.1 Å². The van der Waals surface area contributed by atoms with Gasteiger partial charge in [0.25, 0.3) is 0 Å². The van der Waals surface area contributed by atoms with E-state index in [9.17, 15) is 17.6 Å². The molecule has 19 heavy (non-hydrogen) atoms. The van der Waals surface area contributed by atoms with Crippen molar-refractivity contribution >= 4 is 16.0 Å². The first-order valence-corrected chi connectivity index (χ1v) is 7.22. The molecule has 1 heterocycles. The summed E-state index contributed by atoms with van der Waals surface area (Å²) in [4.78, 5) is 11.3. The van der Waals surface area contributed by atoms with Crippen LogP contribution in [0.2, 0.25) is 0 Å². The number of ether oxygens (including phenoxy) is 1. The summed E-state index contributed by atoms with van der Waals surface area (Å²) in [5, 5.41) is 0. The lowest BCUT2D eigenvalue weighted by atomic mass is 10.1. The van der Waals surface area contributed by atoms with Gasteiger partial charge in [0.2, 0.25) is 10.0 Å². The number of halogens is 1. The van der Waals surface area contributed by atoms with Gasteiger partial charge in [-0.3, -0.25) is 4.79 Å². The molecule has 104 valence electrons. The van der Waals surface area contributed by atoms with E-state index >= 15 is 0 Å². The Bertz CT molecular complexity index is 587. The van der Waals surface area contributed by atoms with Crippen molar-refractivity contribution < 1.29 is 22.3 Å². The second kappa shape index (κ2) is 5.26. The highest BCUT2D eigenvalue weighted by Crippen LogP contribution is 2.25. The van der Waals surface area contributed by atoms with Gasteiger partial charge in [-0.2, -0.15) is 4.31 Å². The highest BCUT2D eigenvalue weighted by atomic mass is 32.2. The summed E-state index contributed by atoms with van der Waals surface area (Å²) in [6.07, 6.45) is 0.418. The van der Waals surface area contributed by atoms with Crippen molar-refractivity contribution in [3.8, 4) is 0 Å². The Morgan fingerprint density at radius 2 is 2.21 bits per heavy atom. The first-order chi connectivity index (χ1) is 8.95. The molecule has 0 saturated carbocycles. The molecule has 1 saturated heterocycles. The number of sulfonamides is 1. The lowest BCUT2D eigenvalue weighted by Gasteiger charge is -2.16. The number of hydrogen-bond donors (Lipinski definition) is 0. The van der Waals surface area contributed by atoms with Crippen LogP contribution in [0.5, 0.6) is 0 Å². The molecule has 0 bridgehead atoms. The van der Waals surface area contributed by atoms with Gasteiger partial charge in [0.05, 0.1) is 17.9 Å². The van der Waals surface area contributed by atoms with Crippen LogP contribution in [-0.2, 0) is 19.6 Å². The first-order valence-electron chi connectivity index (χ1n) is 5.78. The molecule has 0 aliphatic carbocycles. The van der Waals surface area contributed by atoms with Gasteiger partial charge in [-0.1, -0.05) is 6.07 Å². The fourth-order valence-electron chi connectivity index (χ4n) is 2.08. The lowest BCUT2D eigenvalue weighted by Crippen LogP contribution is -2.30. The van der Waals surface area contributed by atoms with Crippen LogP contribution in [0.3, 0.4) is 0 Å². The Morgan fingerprint density at radius 3 is 2.84 bits per heavy atom. The summed E-state index contributed by atoms with van der Waals surface area (Å²) in [6, 6.07) is 4.83. The van der Waals surface area contributed by atoms with Crippen LogP contribution in [0.25, 0.3) is 0 Å². The van der Waals surface area contributed by atoms with E-state index in [1.165, 1.54) is 29.6 Å². The van der Waals surface area contributed by atoms with Gasteiger partial charge >= 0.3 is 5.97 Å². The van der Waals surface area contributed by atoms with Crippen LogP contribution in [-0.4, -0.2) is 38.9 Å². The Balaban J connectivity index is 2.21. The maximum absolute atomic E-state index is 13.1. The minimum absolute atomic E-state index is 0.0749. The molecule has 5 nitrogen and oxygen atoms in total. The smallest absolute Gasteiger partial charge is 0.310 e. The van der Waals surface area contributed by atoms with Gasteiger partial charge in [-0.05, 0) is 24.6 Å². The Kier molecular flexibility index (Phi) is 3.86. The zero-order valence-electron chi connectivity index (χ0n) is 10.4. The fraction of sp³-hybridized carbons (Fsp3) is 0.417. The maximum Gasteiger partial charge on any atom is 0.310 e. The Morgan fingerprint density at radius 1 is 1.47 bits per heavy atom. The second-order valence-electron chi connectivity index (χ2n) is 4.33. The molecule has 0 spiro atoms. The summed E-state index contributed by atoms with van der Waals surface area (Å²) in [6.45, 7) is 0.310. The highest BCUT2D eigenvalue weighted by molar-refractivity contribution is 7.89. The predicted molar refractivity (Wildman–Crippen MR) is 65.3 cm³/mol. The molecule has 1 aliphatic rings. The van der Waals surface area contributed by atoms with E-state index in [1.54, 1.807) is 0 Å². The van der Waals surface area contributed by atoms with Crippen LogP contribution in [0, 0.1) is 11.7 Å². The number of nitrogens with zero attached hydrogens (tertiary/aromatic N) is 1. The molecular formula is C12H14FNO4S. The fourth-order valence-corrected chi connectivity index (χ4v) is 3.61. The second-order valence-corrected chi connectivity index (χ2v) is 6.27. The molecule has 1 aromatic rings. The van der Waals surface area contributed by atoms with Crippen LogP contribution in [0.4, 0.5) is 4.39 Å². The number of rotatable bonds is 3. The van der Waals surface area contributed by atoms with E-state index in [-0.39, 0.29) is 18.0 Å². The summed E-state index contributed by atoms with van der Waals surface area (Å²) < 4.78 is 43.4.